The second kappa shape index (κ2) is 6.13. The van der Waals surface area contributed by atoms with E-state index in [0.717, 1.165) is 13.1 Å². The van der Waals surface area contributed by atoms with Crippen LogP contribution < -0.4 is 0 Å². The lowest BCUT2D eigenvalue weighted by atomic mass is 10.2. The average Bonchev–Trinajstić information content (AvgIpc) is 2.64. The SMILES string of the molecule is CCCC1=C(N(CC)CC)C=C[SiH]1OC. The van der Waals surface area contributed by atoms with Crippen LogP contribution in [0.1, 0.15) is 33.6 Å². The predicted molar refractivity (Wildman–Crippen MR) is 68.2 cm³/mol. The van der Waals surface area contributed by atoms with E-state index in [1.807, 2.05) is 7.11 Å². The van der Waals surface area contributed by atoms with E-state index in [-0.39, 0.29) is 0 Å². The zero-order valence-electron chi connectivity index (χ0n) is 10.4. The summed E-state index contributed by atoms with van der Waals surface area (Å²) in [5.41, 5.74) is 3.75. The maximum absolute atomic E-state index is 5.61. The number of likely N-dealkylation sites (N-methyl/N-ethyl adjacent to an activating group) is 1. The summed E-state index contributed by atoms with van der Waals surface area (Å²) in [4.78, 5) is 2.44. The smallest absolute Gasteiger partial charge is 0.230 e. The molecule has 0 saturated heterocycles. The number of rotatable bonds is 6. The molecular weight excluding hydrogens is 202 g/mol. The van der Waals surface area contributed by atoms with Crippen molar-refractivity contribution in [3.05, 3.63) is 22.7 Å². The second-order valence-corrected chi connectivity index (χ2v) is 6.24. The van der Waals surface area contributed by atoms with Crippen molar-refractivity contribution in [2.24, 2.45) is 0 Å². The molecule has 1 aliphatic rings. The van der Waals surface area contributed by atoms with E-state index in [4.69, 9.17) is 4.43 Å². The third-order valence-electron chi connectivity index (χ3n) is 2.98. The van der Waals surface area contributed by atoms with Crippen LogP contribution in [-0.4, -0.2) is 34.1 Å². The molecule has 0 bridgehead atoms. The highest BCUT2D eigenvalue weighted by Crippen LogP contribution is 2.25. The van der Waals surface area contributed by atoms with Crippen molar-refractivity contribution < 1.29 is 4.43 Å². The van der Waals surface area contributed by atoms with Crippen molar-refractivity contribution in [1.82, 2.24) is 4.90 Å². The number of allylic oxidation sites excluding steroid dienone is 2. The summed E-state index contributed by atoms with van der Waals surface area (Å²) < 4.78 is 5.61. The van der Waals surface area contributed by atoms with Gasteiger partial charge in [0.05, 0.1) is 0 Å². The minimum atomic E-state index is -1.18. The molecule has 1 rings (SSSR count). The largest absolute Gasteiger partial charge is 0.415 e. The molecule has 86 valence electrons. The molecule has 0 aromatic heterocycles. The van der Waals surface area contributed by atoms with E-state index in [0.29, 0.717) is 0 Å². The Morgan fingerprint density at radius 2 is 1.93 bits per heavy atom. The van der Waals surface area contributed by atoms with Gasteiger partial charge in [0.1, 0.15) is 0 Å². The van der Waals surface area contributed by atoms with Crippen molar-refractivity contribution in [1.29, 1.82) is 0 Å². The van der Waals surface area contributed by atoms with Crippen LogP contribution in [-0.2, 0) is 4.43 Å². The van der Waals surface area contributed by atoms with Gasteiger partial charge in [-0.15, -0.1) is 0 Å². The van der Waals surface area contributed by atoms with Crippen LogP contribution in [0.4, 0.5) is 0 Å². The first kappa shape index (κ1) is 12.5. The van der Waals surface area contributed by atoms with Gasteiger partial charge in [-0.05, 0) is 31.5 Å². The average molecular weight is 225 g/mol. The highest BCUT2D eigenvalue weighted by atomic mass is 28.3. The molecule has 1 atom stereocenters. The van der Waals surface area contributed by atoms with Gasteiger partial charge in [-0.25, -0.2) is 0 Å². The molecule has 0 aromatic rings. The first-order valence-electron chi connectivity index (χ1n) is 5.97. The molecule has 1 unspecified atom stereocenters. The van der Waals surface area contributed by atoms with Crippen LogP contribution in [0.3, 0.4) is 0 Å². The standard InChI is InChI=1S/C12H23NOSi/c1-5-8-12-11(13(6-2)7-3)9-10-15(12)14-4/h9-10,15H,5-8H2,1-4H3. The van der Waals surface area contributed by atoms with E-state index >= 15 is 0 Å². The van der Waals surface area contributed by atoms with Gasteiger partial charge in [0.15, 0.2) is 0 Å². The van der Waals surface area contributed by atoms with Gasteiger partial charge in [0, 0.05) is 25.9 Å². The summed E-state index contributed by atoms with van der Waals surface area (Å²) in [5, 5.41) is 1.59. The highest BCUT2D eigenvalue weighted by Gasteiger charge is 2.23. The monoisotopic (exact) mass is 225 g/mol. The maximum Gasteiger partial charge on any atom is 0.230 e. The number of nitrogens with zero attached hydrogens (tertiary/aromatic N) is 1. The van der Waals surface area contributed by atoms with Crippen LogP contribution in [0.5, 0.6) is 0 Å². The van der Waals surface area contributed by atoms with Gasteiger partial charge in [-0.3, -0.25) is 0 Å². The van der Waals surface area contributed by atoms with Gasteiger partial charge in [-0.2, -0.15) is 0 Å². The lowest BCUT2D eigenvalue weighted by molar-refractivity contribution is 0.389. The molecule has 0 spiro atoms. The van der Waals surface area contributed by atoms with Crippen molar-refractivity contribution in [2.75, 3.05) is 20.2 Å². The van der Waals surface area contributed by atoms with Gasteiger partial charge >= 0.3 is 0 Å². The Morgan fingerprint density at radius 3 is 2.40 bits per heavy atom. The Kier molecular flexibility index (Phi) is 5.12. The van der Waals surface area contributed by atoms with Crippen LogP contribution in [0.25, 0.3) is 0 Å². The normalized spacial score (nSPS) is 20.1. The summed E-state index contributed by atoms with van der Waals surface area (Å²) in [6.07, 6.45) is 4.69. The minimum absolute atomic E-state index is 1.09. The molecule has 1 heterocycles. The Balaban J connectivity index is 2.88. The zero-order valence-corrected chi connectivity index (χ0v) is 11.6. The molecule has 2 nitrogen and oxygen atoms in total. The minimum Gasteiger partial charge on any atom is -0.415 e. The molecule has 0 fully saturated rings. The highest BCUT2D eigenvalue weighted by molar-refractivity contribution is 6.67. The summed E-state index contributed by atoms with van der Waals surface area (Å²) in [7, 11) is 0.672. The lowest BCUT2D eigenvalue weighted by Crippen LogP contribution is -2.24. The van der Waals surface area contributed by atoms with Gasteiger partial charge in [0.2, 0.25) is 9.04 Å². The van der Waals surface area contributed by atoms with Gasteiger partial charge < -0.3 is 9.33 Å². The van der Waals surface area contributed by atoms with Crippen molar-refractivity contribution >= 4 is 9.04 Å². The van der Waals surface area contributed by atoms with Crippen molar-refractivity contribution in [3.8, 4) is 0 Å². The number of hydrogen-bond donors (Lipinski definition) is 0. The Hall–Kier alpha value is -0.543. The summed E-state index contributed by atoms with van der Waals surface area (Å²) >= 11 is 0. The summed E-state index contributed by atoms with van der Waals surface area (Å²) in [6, 6.07) is 0. The van der Waals surface area contributed by atoms with Gasteiger partial charge in [0.25, 0.3) is 0 Å². The van der Waals surface area contributed by atoms with E-state index in [1.54, 1.807) is 5.20 Å². The van der Waals surface area contributed by atoms with Crippen molar-refractivity contribution in [2.45, 2.75) is 33.6 Å². The molecule has 0 aromatic carbocycles. The van der Waals surface area contributed by atoms with E-state index in [1.165, 1.54) is 18.5 Å². The van der Waals surface area contributed by atoms with Gasteiger partial charge in [-0.1, -0.05) is 19.0 Å². The van der Waals surface area contributed by atoms with Crippen molar-refractivity contribution in [3.63, 3.8) is 0 Å². The first-order valence-corrected chi connectivity index (χ1v) is 7.68. The molecule has 0 N–H and O–H groups in total. The van der Waals surface area contributed by atoms with Crippen LogP contribution in [0.15, 0.2) is 22.7 Å². The van der Waals surface area contributed by atoms with E-state index in [2.05, 4.69) is 37.4 Å². The number of hydrogen-bond acceptors (Lipinski definition) is 2. The zero-order chi connectivity index (χ0) is 11.3. The topological polar surface area (TPSA) is 12.5 Å². The third-order valence-corrected chi connectivity index (χ3v) is 5.30. The molecule has 0 saturated carbocycles. The molecule has 0 aliphatic carbocycles. The summed E-state index contributed by atoms with van der Waals surface area (Å²) in [5.74, 6) is 0. The Bertz CT molecular complexity index is 256. The third kappa shape index (κ3) is 2.73. The molecule has 0 amide bonds. The molecule has 3 heteroatoms. The maximum atomic E-state index is 5.61. The molecular formula is C12H23NOSi. The molecule has 15 heavy (non-hydrogen) atoms. The lowest BCUT2D eigenvalue weighted by Gasteiger charge is -2.24. The van der Waals surface area contributed by atoms with Crippen LogP contribution >= 0.6 is 0 Å². The predicted octanol–water partition coefficient (Wildman–Crippen LogP) is 2.40. The van der Waals surface area contributed by atoms with Crippen LogP contribution in [0, 0.1) is 0 Å². The first-order chi connectivity index (χ1) is 7.28. The molecule has 0 radical (unpaired) electrons. The quantitative estimate of drug-likeness (QED) is 0.644. The fraction of sp³-hybridized carbons (Fsp3) is 0.667. The van der Waals surface area contributed by atoms with E-state index in [9.17, 15) is 0 Å². The second-order valence-electron chi connectivity index (χ2n) is 3.85. The van der Waals surface area contributed by atoms with Crippen LogP contribution in [0.2, 0.25) is 0 Å². The Morgan fingerprint density at radius 1 is 1.27 bits per heavy atom. The van der Waals surface area contributed by atoms with E-state index < -0.39 is 9.04 Å². The Labute approximate surface area is 95.3 Å². The summed E-state index contributed by atoms with van der Waals surface area (Å²) in [6.45, 7) is 8.86. The fourth-order valence-electron chi connectivity index (χ4n) is 2.18. The fourth-order valence-corrected chi connectivity index (χ4v) is 4.36. The molecule has 1 aliphatic heterocycles.